The number of rotatable bonds is 5. The summed E-state index contributed by atoms with van der Waals surface area (Å²) in [7, 11) is 0. The van der Waals surface area contributed by atoms with E-state index in [9.17, 15) is 4.79 Å². The molecule has 0 spiro atoms. The molecule has 0 radical (unpaired) electrons. The minimum Gasteiger partial charge on any atom is -0.484 e. The number of hydrogen-bond acceptors (Lipinski definition) is 4. The Morgan fingerprint density at radius 2 is 1.96 bits per heavy atom. The highest BCUT2D eigenvalue weighted by Gasteiger charge is 2.22. The lowest BCUT2D eigenvalue weighted by Crippen LogP contribution is -2.50. The van der Waals surface area contributed by atoms with Crippen LogP contribution in [0.3, 0.4) is 0 Å². The van der Waals surface area contributed by atoms with E-state index in [2.05, 4.69) is 22.9 Å². The molecule has 1 aliphatic rings. The summed E-state index contributed by atoms with van der Waals surface area (Å²) >= 11 is 0. The van der Waals surface area contributed by atoms with Crippen LogP contribution in [0.1, 0.15) is 12.5 Å². The number of aryl methyl sites for hydroxylation is 1. The molecule has 5 nitrogen and oxygen atoms in total. The lowest BCUT2D eigenvalue weighted by Gasteiger charge is -2.35. The summed E-state index contributed by atoms with van der Waals surface area (Å²) in [6, 6.07) is 13.8. The van der Waals surface area contributed by atoms with Crippen molar-refractivity contribution in [2.24, 2.45) is 0 Å². The fraction of sp³-hybridized carbons (Fsp3) is 0.368. The third kappa shape index (κ3) is 4.04. The van der Waals surface area contributed by atoms with E-state index < -0.39 is 0 Å². The fourth-order valence-electron chi connectivity index (χ4n) is 2.82. The molecule has 24 heavy (non-hydrogen) atoms. The van der Waals surface area contributed by atoms with Crippen LogP contribution in [0.5, 0.6) is 5.75 Å². The van der Waals surface area contributed by atoms with E-state index in [0.717, 1.165) is 31.1 Å². The molecule has 0 N–H and O–H groups in total. The van der Waals surface area contributed by atoms with Gasteiger partial charge in [0.05, 0.1) is 0 Å². The molecule has 0 unspecified atom stereocenters. The van der Waals surface area contributed by atoms with E-state index in [1.807, 2.05) is 41.3 Å². The van der Waals surface area contributed by atoms with Crippen molar-refractivity contribution in [1.29, 1.82) is 0 Å². The van der Waals surface area contributed by atoms with Gasteiger partial charge in [-0.05, 0) is 36.2 Å². The van der Waals surface area contributed by atoms with Gasteiger partial charge in [0.25, 0.3) is 5.91 Å². The van der Waals surface area contributed by atoms with Gasteiger partial charge in [-0.1, -0.05) is 25.1 Å². The molecule has 1 aromatic carbocycles. The molecule has 0 aliphatic carbocycles. The molecule has 5 heteroatoms. The fourth-order valence-corrected chi connectivity index (χ4v) is 2.82. The van der Waals surface area contributed by atoms with Crippen LogP contribution in [0, 0.1) is 0 Å². The molecule has 0 bridgehead atoms. The van der Waals surface area contributed by atoms with Crippen LogP contribution in [0.2, 0.25) is 0 Å². The molecule has 1 aliphatic heterocycles. The van der Waals surface area contributed by atoms with Gasteiger partial charge in [-0.25, -0.2) is 4.98 Å². The number of piperazine rings is 1. The van der Waals surface area contributed by atoms with Crippen LogP contribution in [-0.4, -0.2) is 48.6 Å². The highest BCUT2D eigenvalue weighted by molar-refractivity contribution is 5.78. The molecule has 0 atom stereocenters. The van der Waals surface area contributed by atoms with E-state index >= 15 is 0 Å². The zero-order valence-electron chi connectivity index (χ0n) is 14.0. The number of ether oxygens (including phenoxy) is 1. The first-order valence-corrected chi connectivity index (χ1v) is 8.42. The number of aromatic nitrogens is 1. The maximum absolute atomic E-state index is 12.3. The molecule has 1 aromatic heterocycles. The number of benzene rings is 1. The van der Waals surface area contributed by atoms with Gasteiger partial charge in [-0.3, -0.25) is 4.79 Å². The first-order valence-electron chi connectivity index (χ1n) is 8.42. The van der Waals surface area contributed by atoms with Crippen LogP contribution in [0.4, 0.5) is 5.82 Å². The van der Waals surface area contributed by atoms with Gasteiger partial charge in [0, 0.05) is 32.4 Å². The summed E-state index contributed by atoms with van der Waals surface area (Å²) in [6.07, 6.45) is 2.76. The van der Waals surface area contributed by atoms with E-state index in [1.54, 1.807) is 6.20 Å². The Morgan fingerprint density at radius 3 is 2.67 bits per heavy atom. The Morgan fingerprint density at radius 1 is 1.12 bits per heavy atom. The van der Waals surface area contributed by atoms with Crippen molar-refractivity contribution < 1.29 is 9.53 Å². The number of anilines is 1. The number of hydrogen-bond donors (Lipinski definition) is 0. The zero-order chi connectivity index (χ0) is 16.8. The molecule has 126 valence electrons. The topological polar surface area (TPSA) is 45.7 Å². The molecule has 1 amide bonds. The Bertz CT molecular complexity index is 667. The van der Waals surface area contributed by atoms with Crippen LogP contribution in [0.15, 0.2) is 48.7 Å². The third-order valence-electron chi connectivity index (χ3n) is 4.27. The van der Waals surface area contributed by atoms with Crippen LogP contribution < -0.4 is 9.64 Å². The van der Waals surface area contributed by atoms with Crippen molar-refractivity contribution in [3.05, 3.63) is 54.2 Å². The van der Waals surface area contributed by atoms with Crippen molar-refractivity contribution in [3.8, 4) is 5.75 Å². The molecule has 3 rings (SSSR count). The summed E-state index contributed by atoms with van der Waals surface area (Å²) in [4.78, 5) is 20.8. The largest absolute Gasteiger partial charge is 0.484 e. The molecule has 0 saturated carbocycles. The summed E-state index contributed by atoms with van der Waals surface area (Å²) in [6.45, 7) is 5.20. The van der Waals surface area contributed by atoms with Gasteiger partial charge in [0.15, 0.2) is 6.61 Å². The molecular weight excluding hydrogens is 302 g/mol. The number of pyridine rings is 1. The van der Waals surface area contributed by atoms with Crippen LogP contribution >= 0.6 is 0 Å². The molecule has 2 heterocycles. The normalized spacial score (nSPS) is 14.5. The smallest absolute Gasteiger partial charge is 0.260 e. The number of amides is 1. The second-order valence-electron chi connectivity index (χ2n) is 5.85. The maximum Gasteiger partial charge on any atom is 0.260 e. The average Bonchev–Trinajstić information content (AvgIpc) is 2.67. The number of carbonyl (C=O) groups excluding carboxylic acids is 1. The van der Waals surface area contributed by atoms with Crippen molar-refractivity contribution in [2.45, 2.75) is 13.3 Å². The second kappa shape index (κ2) is 7.81. The van der Waals surface area contributed by atoms with E-state index in [0.29, 0.717) is 13.1 Å². The minimum absolute atomic E-state index is 0.0394. The monoisotopic (exact) mass is 325 g/mol. The van der Waals surface area contributed by atoms with E-state index in [4.69, 9.17) is 4.74 Å². The van der Waals surface area contributed by atoms with Gasteiger partial charge in [-0.2, -0.15) is 0 Å². The summed E-state index contributed by atoms with van der Waals surface area (Å²) < 4.78 is 5.66. The number of carbonyl (C=O) groups is 1. The first-order chi connectivity index (χ1) is 11.8. The van der Waals surface area contributed by atoms with Gasteiger partial charge in [0.2, 0.25) is 0 Å². The average molecular weight is 325 g/mol. The minimum atomic E-state index is 0.0394. The maximum atomic E-state index is 12.3. The van der Waals surface area contributed by atoms with Crippen molar-refractivity contribution in [3.63, 3.8) is 0 Å². The number of nitrogens with zero attached hydrogens (tertiary/aromatic N) is 3. The van der Waals surface area contributed by atoms with Gasteiger partial charge in [0.1, 0.15) is 11.6 Å². The zero-order valence-corrected chi connectivity index (χ0v) is 14.0. The summed E-state index contributed by atoms with van der Waals surface area (Å²) in [5, 5.41) is 0. The van der Waals surface area contributed by atoms with Crippen molar-refractivity contribution in [1.82, 2.24) is 9.88 Å². The van der Waals surface area contributed by atoms with Gasteiger partial charge >= 0.3 is 0 Å². The highest BCUT2D eigenvalue weighted by Crippen LogP contribution is 2.15. The SMILES string of the molecule is CCc1cccc(OCC(=O)N2CCN(c3ccccn3)CC2)c1. The summed E-state index contributed by atoms with van der Waals surface area (Å²) in [5.74, 6) is 1.77. The van der Waals surface area contributed by atoms with Gasteiger partial charge in [-0.15, -0.1) is 0 Å². The van der Waals surface area contributed by atoms with Gasteiger partial charge < -0.3 is 14.5 Å². The molecule has 1 saturated heterocycles. The quantitative estimate of drug-likeness (QED) is 0.847. The predicted octanol–water partition coefficient (Wildman–Crippen LogP) is 2.37. The lowest BCUT2D eigenvalue weighted by molar-refractivity contribution is -0.133. The van der Waals surface area contributed by atoms with E-state index in [-0.39, 0.29) is 12.5 Å². The van der Waals surface area contributed by atoms with Crippen molar-refractivity contribution in [2.75, 3.05) is 37.7 Å². The Labute approximate surface area is 142 Å². The second-order valence-corrected chi connectivity index (χ2v) is 5.85. The van der Waals surface area contributed by atoms with Crippen LogP contribution in [-0.2, 0) is 11.2 Å². The molecule has 2 aromatic rings. The predicted molar refractivity (Wildman–Crippen MR) is 94.3 cm³/mol. The summed E-state index contributed by atoms with van der Waals surface area (Å²) in [5.41, 5.74) is 1.21. The standard InChI is InChI=1S/C19H23N3O2/c1-2-16-6-5-7-17(14-16)24-15-19(23)22-12-10-21(11-13-22)18-8-3-4-9-20-18/h3-9,14H,2,10-13,15H2,1H3. The van der Waals surface area contributed by atoms with Crippen molar-refractivity contribution >= 4 is 11.7 Å². The highest BCUT2D eigenvalue weighted by atomic mass is 16.5. The van der Waals surface area contributed by atoms with Crippen LogP contribution in [0.25, 0.3) is 0 Å². The first kappa shape index (κ1) is 16.3. The Balaban J connectivity index is 1.48. The van der Waals surface area contributed by atoms with E-state index in [1.165, 1.54) is 5.56 Å². The Hall–Kier alpha value is -2.56. The third-order valence-corrected chi connectivity index (χ3v) is 4.27. The lowest BCUT2D eigenvalue weighted by atomic mass is 10.2. The molecular formula is C19H23N3O2. The Kier molecular flexibility index (Phi) is 5.31. The molecule has 1 fully saturated rings.